The molecule has 7 heteroatoms. The molecule has 0 aliphatic carbocycles. The minimum Gasteiger partial charge on any atom is -0.369 e. The Morgan fingerprint density at radius 3 is 2.92 bits per heavy atom. The molecule has 2 aliphatic heterocycles. The van der Waals surface area contributed by atoms with Gasteiger partial charge < -0.3 is 9.64 Å². The second-order valence-corrected chi connectivity index (χ2v) is 7.70. The topological polar surface area (TPSA) is 55.5 Å². The Balaban J connectivity index is 1.41. The van der Waals surface area contributed by atoms with Crippen molar-refractivity contribution in [3.8, 4) is 0 Å². The molecule has 0 N–H and O–H groups in total. The molecule has 25 heavy (non-hydrogen) atoms. The highest BCUT2D eigenvalue weighted by Gasteiger charge is 2.42. The van der Waals surface area contributed by atoms with E-state index in [-0.39, 0.29) is 5.60 Å². The van der Waals surface area contributed by atoms with Crippen LogP contribution in [-0.4, -0.2) is 39.5 Å². The van der Waals surface area contributed by atoms with Crippen molar-refractivity contribution in [1.29, 1.82) is 0 Å². The number of hydrogen-bond donors (Lipinski definition) is 0. The van der Waals surface area contributed by atoms with E-state index in [2.05, 4.69) is 39.5 Å². The molecule has 6 nitrogen and oxygen atoms in total. The Morgan fingerprint density at radius 2 is 2.08 bits per heavy atom. The number of rotatable bonds is 2. The van der Waals surface area contributed by atoms with E-state index < -0.39 is 0 Å². The summed E-state index contributed by atoms with van der Waals surface area (Å²) in [5, 5.41) is 15.4. The molecule has 1 fully saturated rings. The van der Waals surface area contributed by atoms with Crippen LogP contribution in [0.5, 0.6) is 0 Å². The van der Waals surface area contributed by atoms with E-state index in [0.29, 0.717) is 0 Å². The summed E-state index contributed by atoms with van der Waals surface area (Å²) in [4.78, 5) is 3.81. The zero-order valence-corrected chi connectivity index (χ0v) is 15.1. The zero-order valence-electron chi connectivity index (χ0n) is 14.3. The normalized spacial score (nSPS) is 19.5. The highest BCUT2D eigenvalue weighted by atomic mass is 32.1. The van der Waals surface area contributed by atoms with Crippen LogP contribution in [0.3, 0.4) is 0 Å². The van der Waals surface area contributed by atoms with Gasteiger partial charge in [-0.1, -0.05) is 6.92 Å². The third kappa shape index (κ3) is 2.37. The van der Waals surface area contributed by atoms with Gasteiger partial charge in [-0.15, -0.1) is 26.6 Å². The summed E-state index contributed by atoms with van der Waals surface area (Å²) in [6.45, 7) is 4.84. The Kier molecular flexibility index (Phi) is 3.53. The van der Waals surface area contributed by atoms with Gasteiger partial charge in [-0.2, -0.15) is 4.52 Å². The van der Waals surface area contributed by atoms with Gasteiger partial charge in [-0.3, -0.25) is 0 Å². The first-order chi connectivity index (χ1) is 12.3. The van der Waals surface area contributed by atoms with E-state index in [4.69, 9.17) is 9.84 Å². The first kappa shape index (κ1) is 15.3. The smallest absolute Gasteiger partial charge is 0.178 e. The van der Waals surface area contributed by atoms with Crippen LogP contribution in [0, 0.1) is 0 Å². The minimum absolute atomic E-state index is 0.0759. The monoisotopic (exact) mass is 355 g/mol. The lowest BCUT2D eigenvalue weighted by Gasteiger charge is -2.44. The van der Waals surface area contributed by atoms with E-state index in [9.17, 15) is 0 Å². The average molecular weight is 355 g/mol. The lowest BCUT2D eigenvalue weighted by Crippen LogP contribution is -2.46. The summed E-state index contributed by atoms with van der Waals surface area (Å²) in [6.07, 6.45) is 3.91. The number of piperidine rings is 1. The number of thiophene rings is 1. The summed E-state index contributed by atoms with van der Waals surface area (Å²) in [5.41, 5.74) is 2.22. The third-order valence-corrected chi connectivity index (χ3v) is 6.58. The van der Waals surface area contributed by atoms with Crippen molar-refractivity contribution < 1.29 is 4.74 Å². The molecular formula is C18H21N5OS. The molecule has 3 aromatic heterocycles. The van der Waals surface area contributed by atoms with Crippen LogP contribution in [0.2, 0.25) is 0 Å². The first-order valence-electron chi connectivity index (χ1n) is 8.96. The molecule has 5 heterocycles. The van der Waals surface area contributed by atoms with Crippen molar-refractivity contribution in [3.05, 3.63) is 39.8 Å². The summed E-state index contributed by atoms with van der Waals surface area (Å²) >= 11 is 1.86. The zero-order chi connectivity index (χ0) is 16.9. The molecule has 0 aromatic carbocycles. The van der Waals surface area contributed by atoms with Crippen LogP contribution in [-0.2, 0) is 23.2 Å². The Bertz CT molecular complexity index is 909. The van der Waals surface area contributed by atoms with Crippen molar-refractivity contribution in [2.45, 2.75) is 38.2 Å². The lowest BCUT2D eigenvalue weighted by molar-refractivity contribution is -0.0735. The van der Waals surface area contributed by atoms with Gasteiger partial charge in [0.2, 0.25) is 0 Å². The van der Waals surface area contributed by atoms with Gasteiger partial charge in [0.15, 0.2) is 11.5 Å². The molecule has 5 rings (SSSR count). The number of fused-ring (bicyclic) bond motifs is 3. The quantitative estimate of drug-likeness (QED) is 0.707. The summed E-state index contributed by atoms with van der Waals surface area (Å²) in [5.74, 6) is 1.91. The summed E-state index contributed by atoms with van der Waals surface area (Å²) in [7, 11) is 0. The van der Waals surface area contributed by atoms with Crippen molar-refractivity contribution >= 4 is 22.8 Å². The standard InChI is InChI=1S/C18H21N5OS/c1-2-14-19-20-15-3-4-16(21-23(14)15)22-9-7-18(8-10-22)17-13(5-11-24-18)6-12-25-17/h3-4,6,12H,2,5,7-11H2,1H3. The summed E-state index contributed by atoms with van der Waals surface area (Å²) in [6, 6.07) is 6.33. The highest BCUT2D eigenvalue weighted by Crippen LogP contribution is 2.44. The molecule has 0 unspecified atom stereocenters. The van der Waals surface area contributed by atoms with Gasteiger partial charge in [-0.05, 0) is 48.4 Å². The highest BCUT2D eigenvalue weighted by molar-refractivity contribution is 7.10. The van der Waals surface area contributed by atoms with E-state index in [0.717, 1.165) is 62.7 Å². The molecule has 1 spiro atoms. The molecule has 1 saturated heterocycles. The number of aryl methyl sites for hydroxylation is 1. The molecular weight excluding hydrogens is 334 g/mol. The van der Waals surface area contributed by atoms with Crippen LogP contribution < -0.4 is 4.90 Å². The average Bonchev–Trinajstić information content (AvgIpc) is 3.29. The number of hydrogen-bond acceptors (Lipinski definition) is 6. The first-order valence-corrected chi connectivity index (χ1v) is 9.84. The van der Waals surface area contributed by atoms with Gasteiger partial charge in [-0.25, -0.2) is 0 Å². The number of anilines is 1. The van der Waals surface area contributed by atoms with Gasteiger partial charge in [0.25, 0.3) is 0 Å². The van der Waals surface area contributed by atoms with Crippen LogP contribution in [0.15, 0.2) is 23.6 Å². The van der Waals surface area contributed by atoms with Gasteiger partial charge in [0.05, 0.1) is 6.61 Å². The molecule has 0 amide bonds. The minimum atomic E-state index is -0.0759. The molecule has 0 saturated carbocycles. The molecule has 3 aromatic rings. The predicted molar refractivity (Wildman–Crippen MR) is 97.3 cm³/mol. The summed E-state index contributed by atoms with van der Waals surface area (Å²) < 4.78 is 8.18. The number of ether oxygens (including phenoxy) is 1. The molecule has 0 radical (unpaired) electrons. The maximum atomic E-state index is 6.31. The second kappa shape index (κ2) is 5.78. The third-order valence-electron chi connectivity index (χ3n) is 5.43. The van der Waals surface area contributed by atoms with Crippen LogP contribution >= 0.6 is 11.3 Å². The second-order valence-electron chi connectivity index (χ2n) is 6.79. The fourth-order valence-electron chi connectivity index (χ4n) is 4.04. The van der Waals surface area contributed by atoms with E-state index >= 15 is 0 Å². The SMILES string of the molecule is CCc1nnc2ccc(N3CCC4(CC3)OCCc3ccsc34)nn12. The van der Waals surface area contributed by atoms with Crippen molar-refractivity contribution in [3.63, 3.8) is 0 Å². The number of nitrogens with zero attached hydrogens (tertiary/aromatic N) is 5. The fourth-order valence-corrected chi connectivity index (χ4v) is 5.20. The van der Waals surface area contributed by atoms with Gasteiger partial charge in [0, 0.05) is 24.4 Å². The van der Waals surface area contributed by atoms with Gasteiger partial charge in [0.1, 0.15) is 11.4 Å². The molecule has 0 bridgehead atoms. The Hall–Kier alpha value is -1.99. The molecule has 2 aliphatic rings. The van der Waals surface area contributed by atoms with E-state index in [1.54, 1.807) is 0 Å². The predicted octanol–water partition coefficient (Wildman–Crippen LogP) is 2.82. The lowest BCUT2D eigenvalue weighted by atomic mass is 9.85. The van der Waals surface area contributed by atoms with Crippen LogP contribution in [0.25, 0.3) is 5.65 Å². The molecule has 0 atom stereocenters. The van der Waals surface area contributed by atoms with Gasteiger partial charge >= 0.3 is 0 Å². The Morgan fingerprint density at radius 1 is 1.20 bits per heavy atom. The fraction of sp³-hybridized carbons (Fsp3) is 0.500. The van der Waals surface area contributed by atoms with Crippen molar-refractivity contribution in [2.75, 3.05) is 24.6 Å². The molecule has 130 valence electrons. The van der Waals surface area contributed by atoms with Crippen LogP contribution in [0.4, 0.5) is 5.82 Å². The van der Waals surface area contributed by atoms with E-state index in [1.165, 1.54) is 10.4 Å². The maximum Gasteiger partial charge on any atom is 0.178 e. The Labute approximate surface area is 150 Å². The maximum absolute atomic E-state index is 6.31. The largest absolute Gasteiger partial charge is 0.369 e. The van der Waals surface area contributed by atoms with E-state index in [1.807, 2.05) is 21.9 Å². The van der Waals surface area contributed by atoms with Crippen molar-refractivity contribution in [2.24, 2.45) is 0 Å². The number of aromatic nitrogens is 4. The van der Waals surface area contributed by atoms with Crippen LogP contribution in [0.1, 0.15) is 36.0 Å². The van der Waals surface area contributed by atoms with Crippen molar-refractivity contribution in [1.82, 2.24) is 19.8 Å².